The number of benzene rings is 1. The molecule has 0 radical (unpaired) electrons. The second-order valence-electron chi connectivity index (χ2n) is 5.44. The third-order valence-corrected chi connectivity index (χ3v) is 4.04. The molecule has 1 aromatic carbocycles. The lowest BCUT2D eigenvalue weighted by molar-refractivity contribution is -0.227. The maximum atomic E-state index is 13.0. The van der Waals surface area contributed by atoms with Gasteiger partial charge in [0.2, 0.25) is 5.91 Å². The van der Waals surface area contributed by atoms with Crippen molar-refractivity contribution in [2.75, 3.05) is 13.1 Å². The number of carboxylic acids is 1. The molecule has 2 rings (SSSR count). The number of alkyl halides is 3. The van der Waals surface area contributed by atoms with E-state index in [0.29, 0.717) is 6.42 Å². The first-order valence-electron chi connectivity index (χ1n) is 6.88. The molecule has 1 aliphatic rings. The van der Waals surface area contributed by atoms with Gasteiger partial charge >= 0.3 is 12.1 Å². The molecule has 120 valence electrons. The molecule has 1 unspecified atom stereocenters. The third-order valence-electron chi connectivity index (χ3n) is 4.04. The maximum absolute atomic E-state index is 13.0. The van der Waals surface area contributed by atoms with Crippen molar-refractivity contribution in [1.29, 1.82) is 0 Å². The highest BCUT2D eigenvalue weighted by molar-refractivity contribution is 5.81. The van der Waals surface area contributed by atoms with Crippen LogP contribution in [-0.2, 0) is 16.0 Å². The number of aliphatic carboxylic acids is 1. The number of carboxylic acid groups (broad SMARTS) is 1. The summed E-state index contributed by atoms with van der Waals surface area (Å²) in [5.74, 6) is -2.37. The monoisotopic (exact) mass is 315 g/mol. The van der Waals surface area contributed by atoms with Gasteiger partial charge in [0.1, 0.15) is 0 Å². The Bertz CT molecular complexity index is 559. The zero-order valence-corrected chi connectivity index (χ0v) is 11.8. The zero-order valence-electron chi connectivity index (χ0n) is 11.8. The lowest BCUT2D eigenvalue weighted by atomic mass is 9.86. The highest BCUT2D eigenvalue weighted by atomic mass is 19.4. The summed E-state index contributed by atoms with van der Waals surface area (Å²) in [6.45, 7) is -0.987. The molecule has 7 heteroatoms. The van der Waals surface area contributed by atoms with Crippen LogP contribution < -0.4 is 0 Å². The molecule has 0 spiro atoms. The average molecular weight is 315 g/mol. The molecule has 1 heterocycles. The number of aryl methyl sites for hydroxylation is 1. The molecule has 1 aliphatic heterocycles. The van der Waals surface area contributed by atoms with Crippen LogP contribution in [0.2, 0.25) is 0 Å². The summed E-state index contributed by atoms with van der Waals surface area (Å²) >= 11 is 0. The van der Waals surface area contributed by atoms with Crippen LogP contribution in [-0.4, -0.2) is 41.1 Å². The number of amides is 1. The van der Waals surface area contributed by atoms with Crippen molar-refractivity contribution in [3.05, 3.63) is 35.9 Å². The van der Waals surface area contributed by atoms with E-state index >= 15 is 0 Å². The van der Waals surface area contributed by atoms with Gasteiger partial charge in [-0.3, -0.25) is 9.59 Å². The van der Waals surface area contributed by atoms with Gasteiger partial charge in [-0.1, -0.05) is 30.3 Å². The Morgan fingerprint density at radius 2 is 1.86 bits per heavy atom. The van der Waals surface area contributed by atoms with Crippen molar-refractivity contribution in [3.8, 4) is 0 Å². The fourth-order valence-corrected chi connectivity index (χ4v) is 2.60. The molecule has 0 aromatic heterocycles. The quantitative estimate of drug-likeness (QED) is 0.928. The average Bonchev–Trinajstić information content (AvgIpc) is 2.92. The standard InChI is InChI=1S/C15H16F3NO3/c16-15(17,18)14(13(21)22)8-9-19(10-14)12(20)7-6-11-4-2-1-3-5-11/h1-5H,6-10H2,(H,21,22). The molecule has 1 N–H and O–H groups in total. The first kappa shape index (κ1) is 16.3. The molecule has 0 saturated carbocycles. The van der Waals surface area contributed by atoms with Gasteiger partial charge in [-0.05, 0) is 18.4 Å². The normalized spacial score (nSPS) is 21.9. The van der Waals surface area contributed by atoms with E-state index in [4.69, 9.17) is 5.11 Å². The van der Waals surface area contributed by atoms with E-state index < -0.39 is 36.4 Å². The predicted octanol–water partition coefficient (Wildman–Crippen LogP) is 2.48. The van der Waals surface area contributed by atoms with Gasteiger partial charge in [0.15, 0.2) is 5.41 Å². The van der Waals surface area contributed by atoms with E-state index in [-0.39, 0.29) is 13.0 Å². The minimum Gasteiger partial charge on any atom is -0.481 e. The van der Waals surface area contributed by atoms with Crippen LogP contribution in [0.25, 0.3) is 0 Å². The number of hydrogen-bond acceptors (Lipinski definition) is 2. The molecule has 0 aliphatic carbocycles. The lowest BCUT2D eigenvalue weighted by Crippen LogP contribution is -2.47. The van der Waals surface area contributed by atoms with Gasteiger partial charge in [-0.2, -0.15) is 13.2 Å². The van der Waals surface area contributed by atoms with Gasteiger partial charge in [0.25, 0.3) is 0 Å². The molecule has 1 atom stereocenters. The summed E-state index contributed by atoms with van der Waals surface area (Å²) in [5.41, 5.74) is -1.93. The summed E-state index contributed by atoms with van der Waals surface area (Å²) < 4.78 is 39.1. The fraction of sp³-hybridized carbons (Fsp3) is 0.467. The Kier molecular flexibility index (Phi) is 4.44. The molecule has 1 aromatic rings. The van der Waals surface area contributed by atoms with Crippen LogP contribution in [0.4, 0.5) is 13.2 Å². The van der Waals surface area contributed by atoms with Crippen LogP contribution in [0.3, 0.4) is 0 Å². The Labute approximate surface area is 125 Å². The Hall–Kier alpha value is -2.05. The van der Waals surface area contributed by atoms with Crippen LogP contribution in [0.1, 0.15) is 18.4 Å². The summed E-state index contributed by atoms with van der Waals surface area (Å²) in [7, 11) is 0. The van der Waals surface area contributed by atoms with Gasteiger partial charge in [0, 0.05) is 19.5 Å². The Morgan fingerprint density at radius 1 is 1.23 bits per heavy atom. The Balaban J connectivity index is 2.00. The second-order valence-corrected chi connectivity index (χ2v) is 5.44. The molecule has 4 nitrogen and oxygen atoms in total. The van der Waals surface area contributed by atoms with E-state index in [2.05, 4.69) is 0 Å². The molecule has 0 bridgehead atoms. The second kappa shape index (κ2) is 5.98. The smallest absolute Gasteiger partial charge is 0.406 e. The minimum absolute atomic E-state index is 0.0670. The molecule has 22 heavy (non-hydrogen) atoms. The summed E-state index contributed by atoms with van der Waals surface area (Å²) in [4.78, 5) is 24.1. The van der Waals surface area contributed by atoms with Crippen molar-refractivity contribution >= 4 is 11.9 Å². The van der Waals surface area contributed by atoms with Crippen LogP contribution in [0.15, 0.2) is 30.3 Å². The lowest BCUT2D eigenvalue weighted by Gasteiger charge is -2.27. The summed E-state index contributed by atoms with van der Waals surface area (Å²) in [5, 5.41) is 8.95. The molecular formula is C15H16F3NO3. The van der Waals surface area contributed by atoms with Crippen LogP contribution in [0.5, 0.6) is 0 Å². The van der Waals surface area contributed by atoms with E-state index in [1.807, 2.05) is 30.3 Å². The van der Waals surface area contributed by atoms with E-state index in [1.54, 1.807) is 0 Å². The minimum atomic E-state index is -4.87. The highest BCUT2D eigenvalue weighted by Crippen LogP contribution is 2.45. The number of carbonyl (C=O) groups is 2. The van der Waals surface area contributed by atoms with Crippen molar-refractivity contribution in [2.24, 2.45) is 5.41 Å². The van der Waals surface area contributed by atoms with Crippen molar-refractivity contribution in [2.45, 2.75) is 25.4 Å². The zero-order chi connectivity index (χ0) is 16.4. The van der Waals surface area contributed by atoms with Gasteiger partial charge in [-0.25, -0.2) is 0 Å². The molecular weight excluding hydrogens is 299 g/mol. The maximum Gasteiger partial charge on any atom is 0.406 e. The van der Waals surface area contributed by atoms with Gasteiger partial charge in [0.05, 0.1) is 0 Å². The van der Waals surface area contributed by atoms with Crippen LogP contribution in [0, 0.1) is 5.41 Å². The van der Waals surface area contributed by atoms with E-state index in [1.165, 1.54) is 0 Å². The Morgan fingerprint density at radius 3 is 2.36 bits per heavy atom. The van der Waals surface area contributed by atoms with Gasteiger partial charge < -0.3 is 10.0 Å². The predicted molar refractivity (Wildman–Crippen MR) is 72.1 cm³/mol. The number of likely N-dealkylation sites (tertiary alicyclic amines) is 1. The molecule has 1 amide bonds. The number of halogens is 3. The topological polar surface area (TPSA) is 57.6 Å². The fourth-order valence-electron chi connectivity index (χ4n) is 2.60. The number of nitrogens with zero attached hydrogens (tertiary/aromatic N) is 1. The summed E-state index contributed by atoms with van der Waals surface area (Å²) in [6, 6.07) is 9.11. The molecule has 1 fully saturated rings. The van der Waals surface area contributed by atoms with Crippen molar-refractivity contribution in [3.63, 3.8) is 0 Å². The SMILES string of the molecule is O=C(CCc1ccccc1)N1CCC(C(=O)O)(C(F)(F)F)C1. The van der Waals surface area contributed by atoms with Crippen LogP contribution >= 0.6 is 0 Å². The first-order valence-corrected chi connectivity index (χ1v) is 6.88. The molecule has 1 saturated heterocycles. The summed E-state index contributed by atoms with van der Waals surface area (Å²) in [6.07, 6.45) is -4.98. The number of rotatable bonds is 4. The highest BCUT2D eigenvalue weighted by Gasteiger charge is 2.64. The van der Waals surface area contributed by atoms with Crippen molar-refractivity contribution < 1.29 is 27.9 Å². The van der Waals surface area contributed by atoms with Crippen molar-refractivity contribution in [1.82, 2.24) is 4.90 Å². The third kappa shape index (κ3) is 3.08. The first-order chi connectivity index (χ1) is 10.3. The van der Waals surface area contributed by atoms with E-state index in [0.717, 1.165) is 10.5 Å². The largest absolute Gasteiger partial charge is 0.481 e. The van der Waals surface area contributed by atoms with Gasteiger partial charge in [-0.15, -0.1) is 0 Å². The number of hydrogen-bond donors (Lipinski definition) is 1. The number of carbonyl (C=O) groups excluding carboxylic acids is 1. The van der Waals surface area contributed by atoms with E-state index in [9.17, 15) is 22.8 Å².